The molecule has 0 radical (unpaired) electrons. The number of benzene rings is 2. The van der Waals surface area contributed by atoms with Gasteiger partial charge in [0.1, 0.15) is 6.07 Å². The molecule has 2 aromatic rings. The molecule has 0 aromatic heterocycles. The number of likely N-dealkylation sites (N-methyl/N-ethyl adjacent to an activating group) is 1. The minimum absolute atomic E-state index is 0.0696. The highest BCUT2D eigenvalue weighted by molar-refractivity contribution is 7.89. The fourth-order valence-electron chi connectivity index (χ4n) is 2.91. The van der Waals surface area contributed by atoms with Crippen molar-refractivity contribution < 1.29 is 13.2 Å². The zero-order valence-corrected chi connectivity index (χ0v) is 15.9. The number of nitrogens with zero attached hydrogens (tertiary/aromatic N) is 3. The minimum atomic E-state index is -3.93. The van der Waals surface area contributed by atoms with Crippen molar-refractivity contribution in [2.24, 2.45) is 0 Å². The third kappa shape index (κ3) is 4.35. The summed E-state index contributed by atoms with van der Waals surface area (Å²) in [5.74, 6) is -0.234. The second-order valence-electron chi connectivity index (χ2n) is 6.61. The first-order chi connectivity index (χ1) is 12.9. The van der Waals surface area contributed by atoms with Crippen molar-refractivity contribution in [3.63, 3.8) is 0 Å². The van der Waals surface area contributed by atoms with Crippen LogP contribution in [0, 0.1) is 11.3 Å². The van der Waals surface area contributed by atoms with Gasteiger partial charge in [-0.25, -0.2) is 8.42 Å². The van der Waals surface area contributed by atoms with E-state index in [2.05, 4.69) is 0 Å². The van der Waals surface area contributed by atoms with E-state index in [0.29, 0.717) is 6.54 Å². The van der Waals surface area contributed by atoms with Gasteiger partial charge in [0, 0.05) is 19.6 Å². The molecular formula is C20H21N3O3S. The van der Waals surface area contributed by atoms with E-state index in [1.807, 2.05) is 36.4 Å². The van der Waals surface area contributed by atoms with Gasteiger partial charge in [-0.1, -0.05) is 42.5 Å². The summed E-state index contributed by atoms with van der Waals surface area (Å²) in [6.07, 6.45) is 1.87. The van der Waals surface area contributed by atoms with Crippen molar-refractivity contribution >= 4 is 15.9 Å². The molecule has 1 aliphatic rings. The molecule has 0 bridgehead atoms. The first-order valence-corrected chi connectivity index (χ1v) is 10.2. The van der Waals surface area contributed by atoms with Gasteiger partial charge in [0.15, 0.2) is 0 Å². The normalized spacial score (nSPS) is 14.0. The molecule has 6 nitrogen and oxygen atoms in total. The van der Waals surface area contributed by atoms with Crippen LogP contribution >= 0.6 is 0 Å². The van der Waals surface area contributed by atoms with Gasteiger partial charge in [-0.2, -0.15) is 9.57 Å². The summed E-state index contributed by atoms with van der Waals surface area (Å²) >= 11 is 0. The molecule has 2 aromatic carbocycles. The SMILES string of the molecule is CN(CC(=O)N(Cc1ccccc1)C1CC1)S(=O)(=O)c1ccccc1C#N. The average molecular weight is 383 g/mol. The standard InChI is InChI=1S/C20H21N3O3S/c1-22(27(25,26)19-10-6-5-9-17(19)13-21)15-20(24)23(18-11-12-18)14-16-7-3-2-4-8-16/h2-10,18H,11-12,14-15H2,1H3. The van der Waals surface area contributed by atoms with Gasteiger partial charge in [-0.3, -0.25) is 4.79 Å². The van der Waals surface area contributed by atoms with Crippen molar-refractivity contribution in [2.45, 2.75) is 30.3 Å². The van der Waals surface area contributed by atoms with Crippen molar-refractivity contribution in [3.8, 4) is 6.07 Å². The zero-order chi connectivity index (χ0) is 19.4. The Bertz CT molecular complexity index is 963. The molecular weight excluding hydrogens is 362 g/mol. The quantitative estimate of drug-likeness (QED) is 0.735. The van der Waals surface area contributed by atoms with Crippen molar-refractivity contribution in [2.75, 3.05) is 13.6 Å². The zero-order valence-electron chi connectivity index (χ0n) is 15.1. The summed E-state index contributed by atoms with van der Waals surface area (Å²) in [7, 11) is -2.56. The smallest absolute Gasteiger partial charge is 0.244 e. The maximum absolute atomic E-state index is 12.8. The maximum Gasteiger partial charge on any atom is 0.244 e. The van der Waals surface area contributed by atoms with Crippen LogP contribution < -0.4 is 0 Å². The van der Waals surface area contributed by atoms with E-state index in [4.69, 9.17) is 0 Å². The van der Waals surface area contributed by atoms with Gasteiger partial charge in [0.25, 0.3) is 0 Å². The molecule has 1 fully saturated rings. The lowest BCUT2D eigenvalue weighted by molar-refractivity contribution is -0.132. The van der Waals surface area contributed by atoms with Gasteiger partial charge in [-0.15, -0.1) is 0 Å². The molecule has 1 amide bonds. The van der Waals surface area contributed by atoms with E-state index < -0.39 is 10.0 Å². The fourth-order valence-corrected chi connectivity index (χ4v) is 4.16. The molecule has 0 saturated heterocycles. The van der Waals surface area contributed by atoms with Crippen LogP contribution in [0.5, 0.6) is 0 Å². The highest BCUT2D eigenvalue weighted by Gasteiger charge is 2.34. The topological polar surface area (TPSA) is 81.5 Å². The van der Waals surface area contributed by atoms with Crippen molar-refractivity contribution in [1.29, 1.82) is 5.26 Å². The lowest BCUT2D eigenvalue weighted by Gasteiger charge is -2.25. The van der Waals surface area contributed by atoms with Crippen LogP contribution in [0.1, 0.15) is 24.0 Å². The van der Waals surface area contributed by atoms with Crippen LogP contribution in [0.25, 0.3) is 0 Å². The van der Waals surface area contributed by atoms with E-state index >= 15 is 0 Å². The van der Waals surface area contributed by atoms with Gasteiger partial charge < -0.3 is 4.90 Å². The largest absolute Gasteiger partial charge is 0.334 e. The maximum atomic E-state index is 12.8. The molecule has 0 N–H and O–H groups in total. The lowest BCUT2D eigenvalue weighted by atomic mass is 10.2. The number of hydrogen-bond donors (Lipinski definition) is 0. The Balaban J connectivity index is 1.76. The van der Waals surface area contributed by atoms with Crippen LogP contribution in [-0.4, -0.2) is 43.2 Å². The number of hydrogen-bond acceptors (Lipinski definition) is 4. The number of sulfonamides is 1. The Kier molecular flexibility index (Phi) is 5.59. The molecule has 3 rings (SSSR count). The Morgan fingerprint density at radius 1 is 1.11 bits per heavy atom. The molecule has 27 heavy (non-hydrogen) atoms. The molecule has 0 unspecified atom stereocenters. The first kappa shape index (κ1) is 19.1. The first-order valence-electron chi connectivity index (χ1n) is 8.72. The number of carbonyl (C=O) groups is 1. The molecule has 0 atom stereocenters. The van der Waals surface area contributed by atoms with Gasteiger partial charge in [0.05, 0.1) is 17.0 Å². The van der Waals surface area contributed by atoms with E-state index in [-0.39, 0.29) is 29.0 Å². The molecule has 1 aliphatic carbocycles. The predicted octanol–water partition coefficient (Wildman–Crippen LogP) is 2.37. The number of rotatable bonds is 7. The average Bonchev–Trinajstić information content (AvgIpc) is 3.51. The summed E-state index contributed by atoms with van der Waals surface area (Å²) in [6.45, 7) is 0.207. The number of carbonyl (C=O) groups excluding carboxylic acids is 1. The van der Waals surface area contributed by atoms with Crippen LogP contribution in [0.2, 0.25) is 0 Å². The highest BCUT2D eigenvalue weighted by Crippen LogP contribution is 2.29. The third-order valence-electron chi connectivity index (χ3n) is 4.56. The second-order valence-corrected chi connectivity index (χ2v) is 8.62. The monoisotopic (exact) mass is 383 g/mol. The lowest BCUT2D eigenvalue weighted by Crippen LogP contribution is -2.42. The number of amides is 1. The highest BCUT2D eigenvalue weighted by atomic mass is 32.2. The van der Waals surface area contributed by atoms with Gasteiger partial charge in [0.2, 0.25) is 15.9 Å². The summed E-state index contributed by atoms with van der Waals surface area (Å²) in [5, 5.41) is 9.17. The van der Waals surface area contributed by atoms with E-state index in [1.54, 1.807) is 17.0 Å². The summed E-state index contributed by atoms with van der Waals surface area (Å²) in [5.41, 5.74) is 1.08. The van der Waals surface area contributed by atoms with Crippen LogP contribution in [0.3, 0.4) is 0 Å². The fraction of sp³-hybridized carbons (Fsp3) is 0.300. The Hall–Kier alpha value is -2.69. The van der Waals surface area contributed by atoms with Crippen LogP contribution in [0.15, 0.2) is 59.5 Å². The van der Waals surface area contributed by atoms with Crippen LogP contribution in [0.4, 0.5) is 0 Å². The van der Waals surface area contributed by atoms with Crippen molar-refractivity contribution in [1.82, 2.24) is 9.21 Å². The summed E-state index contributed by atoms with van der Waals surface area (Å²) in [4.78, 5) is 14.5. The van der Waals surface area contributed by atoms with E-state index in [1.165, 1.54) is 19.2 Å². The molecule has 0 heterocycles. The third-order valence-corrected chi connectivity index (χ3v) is 6.42. The summed E-state index contributed by atoms with van der Waals surface area (Å²) in [6, 6.07) is 17.7. The molecule has 140 valence electrons. The second kappa shape index (κ2) is 7.91. The Morgan fingerprint density at radius 3 is 2.37 bits per heavy atom. The molecule has 0 aliphatic heterocycles. The van der Waals surface area contributed by atoms with Gasteiger partial charge >= 0.3 is 0 Å². The van der Waals surface area contributed by atoms with Gasteiger partial charge in [-0.05, 0) is 30.5 Å². The molecule has 1 saturated carbocycles. The van der Waals surface area contributed by atoms with Crippen LogP contribution in [-0.2, 0) is 21.4 Å². The van der Waals surface area contributed by atoms with Crippen molar-refractivity contribution in [3.05, 3.63) is 65.7 Å². The molecule has 7 heteroatoms. The Morgan fingerprint density at radius 2 is 1.74 bits per heavy atom. The molecule has 0 spiro atoms. The number of nitriles is 1. The predicted molar refractivity (Wildman–Crippen MR) is 101 cm³/mol. The minimum Gasteiger partial charge on any atom is -0.334 e. The van der Waals surface area contributed by atoms with E-state index in [9.17, 15) is 18.5 Å². The van der Waals surface area contributed by atoms with E-state index in [0.717, 1.165) is 22.7 Å². The Labute approximate surface area is 159 Å². The summed E-state index contributed by atoms with van der Waals surface area (Å²) < 4.78 is 26.7.